The van der Waals surface area contributed by atoms with Crippen molar-refractivity contribution in [1.82, 2.24) is 10.1 Å². The quantitative estimate of drug-likeness (QED) is 0.349. The highest BCUT2D eigenvalue weighted by Gasteiger charge is 2.14. The Hall–Kier alpha value is -3.07. The van der Waals surface area contributed by atoms with Gasteiger partial charge in [0.25, 0.3) is 11.6 Å². The second-order valence-electron chi connectivity index (χ2n) is 4.91. The lowest BCUT2D eigenvalue weighted by molar-refractivity contribution is -0.384. The molecule has 3 aromatic rings. The monoisotopic (exact) mass is 403 g/mol. The number of aldehydes is 1. The van der Waals surface area contributed by atoms with Gasteiger partial charge in [0.1, 0.15) is 5.75 Å². The van der Waals surface area contributed by atoms with Crippen LogP contribution in [0.4, 0.5) is 5.69 Å². The first-order valence-electron chi connectivity index (χ1n) is 7.02. The fraction of sp³-hybridized carbons (Fsp3) is 0.0625. The van der Waals surface area contributed by atoms with Crippen molar-refractivity contribution in [2.24, 2.45) is 0 Å². The number of nitro groups is 1. The lowest BCUT2D eigenvalue weighted by atomic mass is 10.2. The zero-order chi connectivity index (χ0) is 17.8. The van der Waals surface area contributed by atoms with Gasteiger partial charge in [0.15, 0.2) is 12.9 Å². The molecule has 9 heteroatoms. The van der Waals surface area contributed by atoms with Gasteiger partial charge < -0.3 is 9.26 Å². The average Bonchev–Trinajstić information content (AvgIpc) is 3.08. The molecule has 0 bridgehead atoms. The zero-order valence-electron chi connectivity index (χ0n) is 12.6. The maximum Gasteiger partial charge on any atom is 0.270 e. The molecule has 0 aliphatic heterocycles. The van der Waals surface area contributed by atoms with Crippen LogP contribution in [0.25, 0.3) is 11.4 Å². The number of halogens is 1. The van der Waals surface area contributed by atoms with Gasteiger partial charge in [0, 0.05) is 22.2 Å². The van der Waals surface area contributed by atoms with Crippen molar-refractivity contribution in [1.29, 1.82) is 0 Å². The van der Waals surface area contributed by atoms with Crippen LogP contribution in [0.15, 0.2) is 51.5 Å². The molecule has 0 fully saturated rings. The molecule has 0 aliphatic rings. The molecule has 0 radical (unpaired) electrons. The summed E-state index contributed by atoms with van der Waals surface area (Å²) >= 11 is 3.37. The Balaban J connectivity index is 1.74. The number of nitro benzene ring substituents is 1. The summed E-state index contributed by atoms with van der Waals surface area (Å²) in [6, 6.07) is 11.2. The molecule has 0 N–H and O–H groups in total. The Morgan fingerprint density at radius 2 is 2.12 bits per heavy atom. The van der Waals surface area contributed by atoms with E-state index in [1.807, 2.05) is 24.3 Å². The molecule has 0 spiro atoms. The van der Waals surface area contributed by atoms with E-state index >= 15 is 0 Å². The highest BCUT2D eigenvalue weighted by atomic mass is 79.9. The summed E-state index contributed by atoms with van der Waals surface area (Å²) in [7, 11) is 0. The van der Waals surface area contributed by atoms with Crippen molar-refractivity contribution >= 4 is 27.9 Å². The summed E-state index contributed by atoms with van der Waals surface area (Å²) in [6.07, 6.45) is 0.489. The predicted molar refractivity (Wildman–Crippen MR) is 90.2 cm³/mol. The molecule has 1 aromatic heterocycles. The molecule has 126 valence electrons. The van der Waals surface area contributed by atoms with Crippen LogP contribution < -0.4 is 4.74 Å². The number of rotatable bonds is 6. The molecule has 0 unspecified atom stereocenters. The predicted octanol–water partition coefficient (Wildman–Crippen LogP) is 3.80. The maximum atomic E-state index is 11.1. The molecule has 2 aromatic carbocycles. The molecular formula is C16H10BrN3O5. The summed E-state index contributed by atoms with van der Waals surface area (Å²) < 4.78 is 11.5. The van der Waals surface area contributed by atoms with E-state index in [2.05, 4.69) is 26.1 Å². The summed E-state index contributed by atoms with van der Waals surface area (Å²) in [5.74, 6) is 0.812. The Morgan fingerprint density at radius 3 is 2.84 bits per heavy atom. The van der Waals surface area contributed by atoms with Crippen molar-refractivity contribution < 1.29 is 19.0 Å². The second kappa shape index (κ2) is 7.22. The number of carbonyl (C=O) groups is 1. The maximum absolute atomic E-state index is 11.1. The third kappa shape index (κ3) is 3.89. The van der Waals surface area contributed by atoms with E-state index in [9.17, 15) is 14.9 Å². The standard InChI is InChI=1S/C16H10BrN3O5/c17-12-3-1-2-10(6-12)16-18-15(25-19-16)9-24-14-5-4-13(20(22)23)7-11(14)8-21/h1-8H,9H2. The van der Waals surface area contributed by atoms with Crippen molar-refractivity contribution in [3.63, 3.8) is 0 Å². The van der Waals surface area contributed by atoms with E-state index in [0.717, 1.165) is 16.1 Å². The van der Waals surface area contributed by atoms with E-state index in [-0.39, 0.29) is 29.5 Å². The van der Waals surface area contributed by atoms with Crippen LogP contribution in [0, 0.1) is 10.1 Å². The van der Waals surface area contributed by atoms with Gasteiger partial charge in [-0.25, -0.2) is 0 Å². The fourth-order valence-electron chi connectivity index (χ4n) is 2.07. The van der Waals surface area contributed by atoms with Crippen LogP contribution in [-0.4, -0.2) is 21.4 Å². The lowest BCUT2D eigenvalue weighted by Gasteiger charge is -2.05. The SMILES string of the molecule is O=Cc1cc([N+](=O)[O-])ccc1OCc1nc(-c2cccc(Br)c2)no1. The van der Waals surface area contributed by atoms with Crippen molar-refractivity contribution in [3.05, 3.63) is 68.5 Å². The number of aromatic nitrogens is 2. The first-order chi connectivity index (χ1) is 12.1. The molecule has 0 atom stereocenters. The molecule has 0 aliphatic carbocycles. The normalized spacial score (nSPS) is 10.4. The minimum Gasteiger partial charge on any atom is -0.483 e. The van der Waals surface area contributed by atoms with E-state index in [0.29, 0.717) is 12.1 Å². The third-order valence-corrected chi connectivity index (χ3v) is 3.73. The minimum atomic E-state index is -0.584. The van der Waals surface area contributed by atoms with Crippen LogP contribution in [0.5, 0.6) is 5.75 Å². The third-order valence-electron chi connectivity index (χ3n) is 3.23. The largest absolute Gasteiger partial charge is 0.483 e. The van der Waals surface area contributed by atoms with Gasteiger partial charge >= 0.3 is 0 Å². The Morgan fingerprint density at radius 1 is 1.28 bits per heavy atom. The number of non-ortho nitro benzene ring substituents is 1. The van der Waals surface area contributed by atoms with Crippen LogP contribution in [0.3, 0.4) is 0 Å². The number of hydrogen-bond donors (Lipinski definition) is 0. The van der Waals surface area contributed by atoms with Crippen LogP contribution in [-0.2, 0) is 6.61 Å². The van der Waals surface area contributed by atoms with E-state index in [1.165, 1.54) is 12.1 Å². The fourth-order valence-corrected chi connectivity index (χ4v) is 2.47. The summed E-state index contributed by atoms with van der Waals surface area (Å²) in [5.41, 5.74) is 0.651. The summed E-state index contributed by atoms with van der Waals surface area (Å²) in [6.45, 7) is -0.0698. The molecule has 25 heavy (non-hydrogen) atoms. The van der Waals surface area contributed by atoms with E-state index in [1.54, 1.807) is 0 Å². The Labute approximate surface area is 149 Å². The van der Waals surface area contributed by atoms with E-state index < -0.39 is 4.92 Å². The highest BCUT2D eigenvalue weighted by molar-refractivity contribution is 9.10. The van der Waals surface area contributed by atoms with E-state index in [4.69, 9.17) is 9.26 Å². The highest BCUT2D eigenvalue weighted by Crippen LogP contribution is 2.24. The molecule has 0 saturated heterocycles. The van der Waals surface area contributed by atoms with Gasteiger partial charge in [-0.15, -0.1) is 0 Å². The smallest absolute Gasteiger partial charge is 0.270 e. The van der Waals surface area contributed by atoms with Crippen LogP contribution >= 0.6 is 15.9 Å². The number of ether oxygens (including phenoxy) is 1. The van der Waals surface area contributed by atoms with Crippen molar-refractivity contribution in [2.45, 2.75) is 6.61 Å². The van der Waals surface area contributed by atoms with Crippen LogP contribution in [0.2, 0.25) is 0 Å². The number of carbonyl (C=O) groups excluding carboxylic acids is 1. The molecule has 3 rings (SSSR count). The molecule has 8 nitrogen and oxygen atoms in total. The number of benzene rings is 2. The Bertz CT molecular complexity index is 941. The topological polar surface area (TPSA) is 108 Å². The number of nitrogens with zero attached hydrogens (tertiary/aromatic N) is 3. The van der Waals surface area contributed by atoms with Crippen LogP contribution in [0.1, 0.15) is 16.2 Å². The van der Waals surface area contributed by atoms with Gasteiger partial charge in [-0.2, -0.15) is 4.98 Å². The summed E-state index contributed by atoms with van der Waals surface area (Å²) in [5, 5.41) is 14.6. The van der Waals surface area contributed by atoms with Gasteiger partial charge in [-0.1, -0.05) is 33.2 Å². The molecule has 0 saturated carbocycles. The van der Waals surface area contributed by atoms with Gasteiger partial charge in [-0.05, 0) is 18.2 Å². The minimum absolute atomic E-state index is 0.0698. The second-order valence-corrected chi connectivity index (χ2v) is 5.82. The zero-order valence-corrected chi connectivity index (χ0v) is 14.2. The summed E-state index contributed by atoms with van der Waals surface area (Å²) in [4.78, 5) is 25.4. The average molecular weight is 404 g/mol. The van der Waals surface area contributed by atoms with Gasteiger partial charge in [0.2, 0.25) is 5.82 Å². The molecule has 1 heterocycles. The van der Waals surface area contributed by atoms with Gasteiger partial charge in [-0.3, -0.25) is 14.9 Å². The lowest BCUT2D eigenvalue weighted by Crippen LogP contribution is -1.99. The first kappa shape index (κ1) is 16.8. The Kier molecular flexibility index (Phi) is 4.85. The molecular weight excluding hydrogens is 394 g/mol. The molecule has 0 amide bonds. The van der Waals surface area contributed by atoms with Gasteiger partial charge in [0.05, 0.1) is 10.5 Å². The van der Waals surface area contributed by atoms with Crippen molar-refractivity contribution in [3.8, 4) is 17.1 Å². The number of hydrogen-bond acceptors (Lipinski definition) is 7. The first-order valence-corrected chi connectivity index (χ1v) is 7.81. The van der Waals surface area contributed by atoms with Crippen molar-refractivity contribution in [2.75, 3.05) is 0 Å².